The Morgan fingerprint density at radius 1 is 1.08 bits per heavy atom. The molecule has 1 heterocycles. The van der Waals surface area contributed by atoms with Crippen molar-refractivity contribution in [3.8, 4) is 5.75 Å². The molecule has 1 saturated carbocycles. The fourth-order valence-corrected chi connectivity index (χ4v) is 2.83. The van der Waals surface area contributed by atoms with E-state index in [1.54, 1.807) is 0 Å². The number of hydrogen-bond acceptors (Lipinski definition) is 5. The molecule has 1 fully saturated rings. The zero-order valence-electron chi connectivity index (χ0n) is 13.3. The van der Waals surface area contributed by atoms with Gasteiger partial charge in [0.15, 0.2) is 6.33 Å². The van der Waals surface area contributed by atoms with Crippen molar-refractivity contribution in [3.63, 3.8) is 0 Å². The standard InChI is InChI=1S/C19H19N3O2/c1-2-4-14(5-3-1)12-23-16-8-6-15(7-9-16)17-10-18(17)20-11-19-21-13-22-24-19/h1-9,13,17-18,20H,10-12H2/t17-,18+/m0/s1. The lowest BCUT2D eigenvalue weighted by Gasteiger charge is -2.07. The smallest absolute Gasteiger partial charge is 0.240 e. The summed E-state index contributed by atoms with van der Waals surface area (Å²) in [5.74, 6) is 2.08. The van der Waals surface area contributed by atoms with Gasteiger partial charge in [0.25, 0.3) is 0 Å². The number of hydrogen-bond donors (Lipinski definition) is 1. The number of nitrogens with one attached hydrogen (secondary N) is 1. The Kier molecular flexibility index (Phi) is 4.25. The Hall–Kier alpha value is -2.66. The Labute approximate surface area is 140 Å². The molecular formula is C19H19N3O2. The largest absolute Gasteiger partial charge is 0.489 e. The van der Waals surface area contributed by atoms with Crippen LogP contribution in [0.4, 0.5) is 0 Å². The van der Waals surface area contributed by atoms with E-state index in [0.29, 0.717) is 31.0 Å². The predicted molar refractivity (Wildman–Crippen MR) is 89.5 cm³/mol. The molecule has 1 N–H and O–H groups in total. The fourth-order valence-electron chi connectivity index (χ4n) is 2.83. The molecule has 0 spiro atoms. The Balaban J connectivity index is 1.27. The summed E-state index contributed by atoms with van der Waals surface area (Å²) in [7, 11) is 0. The first-order chi connectivity index (χ1) is 11.9. The highest BCUT2D eigenvalue weighted by atomic mass is 16.5. The van der Waals surface area contributed by atoms with Crippen LogP contribution in [0.15, 0.2) is 65.4 Å². The predicted octanol–water partition coefficient (Wildman–Crippen LogP) is 3.29. The molecule has 1 aliphatic carbocycles. The maximum Gasteiger partial charge on any atom is 0.240 e. The summed E-state index contributed by atoms with van der Waals surface area (Å²) in [5, 5.41) is 7.05. The molecule has 3 aromatic rings. The van der Waals surface area contributed by atoms with Crippen molar-refractivity contribution in [3.05, 3.63) is 77.9 Å². The van der Waals surface area contributed by atoms with Gasteiger partial charge < -0.3 is 14.6 Å². The van der Waals surface area contributed by atoms with E-state index in [2.05, 4.69) is 39.7 Å². The third kappa shape index (κ3) is 3.63. The molecule has 2 atom stereocenters. The first kappa shape index (κ1) is 14.9. The normalized spacial score (nSPS) is 19.2. The van der Waals surface area contributed by atoms with E-state index in [4.69, 9.17) is 9.26 Å². The molecule has 4 rings (SSSR count). The van der Waals surface area contributed by atoms with Gasteiger partial charge in [-0.05, 0) is 29.7 Å². The minimum atomic E-state index is 0.480. The van der Waals surface area contributed by atoms with Crippen LogP contribution < -0.4 is 10.1 Å². The summed E-state index contributed by atoms with van der Waals surface area (Å²) in [6, 6.07) is 19.1. The maximum atomic E-state index is 5.83. The van der Waals surface area contributed by atoms with Crippen molar-refractivity contribution >= 4 is 0 Å². The second-order valence-corrected chi connectivity index (χ2v) is 6.01. The molecule has 0 radical (unpaired) electrons. The average molecular weight is 321 g/mol. The minimum Gasteiger partial charge on any atom is -0.489 e. The van der Waals surface area contributed by atoms with Crippen LogP contribution in [0.3, 0.4) is 0 Å². The molecule has 0 amide bonds. The molecule has 0 unspecified atom stereocenters. The van der Waals surface area contributed by atoms with Crippen LogP contribution in [0.5, 0.6) is 5.75 Å². The van der Waals surface area contributed by atoms with Crippen LogP contribution in [0.2, 0.25) is 0 Å². The molecule has 0 bridgehead atoms. The number of nitrogens with zero attached hydrogens (tertiary/aromatic N) is 2. The lowest BCUT2D eigenvalue weighted by molar-refractivity contribution is 0.306. The maximum absolute atomic E-state index is 5.83. The van der Waals surface area contributed by atoms with Crippen LogP contribution in [0, 0.1) is 0 Å². The first-order valence-corrected chi connectivity index (χ1v) is 8.14. The molecule has 5 heteroatoms. The van der Waals surface area contributed by atoms with Crippen LogP contribution in [-0.4, -0.2) is 16.2 Å². The summed E-state index contributed by atoms with van der Waals surface area (Å²) in [6.07, 6.45) is 2.56. The van der Waals surface area contributed by atoms with Gasteiger partial charge in [-0.25, -0.2) is 0 Å². The van der Waals surface area contributed by atoms with Crippen LogP contribution in [0.1, 0.15) is 29.4 Å². The van der Waals surface area contributed by atoms with Gasteiger partial charge in [0.1, 0.15) is 12.4 Å². The summed E-state index contributed by atoms with van der Waals surface area (Å²) in [5.41, 5.74) is 2.51. The third-order valence-electron chi connectivity index (χ3n) is 4.27. The van der Waals surface area contributed by atoms with Gasteiger partial charge in [-0.15, -0.1) is 0 Å². The molecule has 5 nitrogen and oxygen atoms in total. The van der Waals surface area contributed by atoms with Crippen LogP contribution in [0.25, 0.3) is 0 Å². The molecular weight excluding hydrogens is 302 g/mol. The van der Waals surface area contributed by atoms with Gasteiger partial charge in [0.2, 0.25) is 5.89 Å². The van der Waals surface area contributed by atoms with Gasteiger partial charge in [0.05, 0.1) is 6.54 Å². The number of ether oxygens (including phenoxy) is 1. The summed E-state index contributed by atoms with van der Waals surface area (Å²) in [4.78, 5) is 4.01. The SMILES string of the molecule is c1ccc(COc2ccc([C@@H]3C[C@H]3NCc3ncno3)cc2)cc1. The van der Waals surface area contributed by atoms with Gasteiger partial charge in [0, 0.05) is 12.0 Å². The Morgan fingerprint density at radius 3 is 2.67 bits per heavy atom. The van der Waals surface area contributed by atoms with E-state index >= 15 is 0 Å². The van der Waals surface area contributed by atoms with Gasteiger partial charge in [-0.2, -0.15) is 4.98 Å². The van der Waals surface area contributed by atoms with Gasteiger partial charge in [-0.3, -0.25) is 0 Å². The number of rotatable bonds is 7. The highest BCUT2D eigenvalue weighted by molar-refractivity contribution is 5.34. The molecule has 0 aliphatic heterocycles. The van der Waals surface area contributed by atoms with E-state index in [9.17, 15) is 0 Å². The Bertz CT molecular complexity index is 757. The van der Waals surface area contributed by atoms with Crippen molar-refractivity contribution in [1.29, 1.82) is 0 Å². The molecule has 0 saturated heterocycles. The topological polar surface area (TPSA) is 60.2 Å². The van der Waals surface area contributed by atoms with Crippen molar-refractivity contribution in [2.45, 2.75) is 31.5 Å². The fraction of sp³-hybridized carbons (Fsp3) is 0.263. The number of benzene rings is 2. The van der Waals surface area contributed by atoms with E-state index < -0.39 is 0 Å². The van der Waals surface area contributed by atoms with Crippen LogP contribution in [-0.2, 0) is 13.2 Å². The highest BCUT2D eigenvalue weighted by Crippen LogP contribution is 2.41. The molecule has 1 aliphatic rings. The van der Waals surface area contributed by atoms with Crippen molar-refractivity contribution in [1.82, 2.24) is 15.5 Å². The quantitative estimate of drug-likeness (QED) is 0.723. The lowest BCUT2D eigenvalue weighted by Crippen LogP contribution is -2.17. The summed E-state index contributed by atoms with van der Waals surface area (Å²) in [6.45, 7) is 1.22. The number of aromatic nitrogens is 2. The second-order valence-electron chi connectivity index (χ2n) is 6.01. The van der Waals surface area contributed by atoms with Crippen molar-refractivity contribution < 1.29 is 9.26 Å². The van der Waals surface area contributed by atoms with E-state index in [1.807, 2.05) is 30.3 Å². The molecule has 24 heavy (non-hydrogen) atoms. The Morgan fingerprint density at radius 2 is 1.92 bits per heavy atom. The van der Waals surface area contributed by atoms with E-state index in [1.165, 1.54) is 17.5 Å². The van der Waals surface area contributed by atoms with Crippen molar-refractivity contribution in [2.24, 2.45) is 0 Å². The van der Waals surface area contributed by atoms with Gasteiger partial charge in [-0.1, -0.05) is 47.6 Å². The van der Waals surface area contributed by atoms with Gasteiger partial charge >= 0.3 is 0 Å². The minimum absolute atomic E-state index is 0.480. The lowest BCUT2D eigenvalue weighted by atomic mass is 10.1. The monoisotopic (exact) mass is 321 g/mol. The zero-order valence-corrected chi connectivity index (χ0v) is 13.3. The van der Waals surface area contributed by atoms with Crippen molar-refractivity contribution in [2.75, 3.05) is 0 Å². The zero-order chi connectivity index (χ0) is 16.2. The van der Waals surface area contributed by atoms with E-state index in [0.717, 1.165) is 12.2 Å². The van der Waals surface area contributed by atoms with Crippen LogP contribution >= 0.6 is 0 Å². The average Bonchev–Trinajstić information content (AvgIpc) is 3.23. The first-order valence-electron chi connectivity index (χ1n) is 8.14. The second kappa shape index (κ2) is 6.84. The summed E-state index contributed by atoms with van der Waals surface area (Å²) < 4.78 is 10.8. The van der Waals surface area contributed by atoms with E-state index in [-0.39, 0.29) is 0 Å². The molecule has 122 valence electrons. The molecule has 1 aromatic heterocycles. The highest BCUT2D eigenvalue weighted by Gasteiger charge is 2.38. The third-order valence-corrected chi connectivity index (χ3v) is 4.27. The molecule has 2 aromatic carbocycles. The summed E-state index contributed by atoms with van der Waals surface area (Å²) >= 11 is 0.